The normalized spacial score (nSPS) is 11.7. The molecule has 0 saturated carbocycles. The van der Waals surface area contributed by atoms with Crippen molar-refractivity contribution in [1.29, 1.82) is 0 Å². The number of carbonyl (C=O) groups is 1. The van der Waals surface area contributed by atoms with Crippen molar-refractivity contribution in [2.75, 3.05) is 6.54 Å². The highest BCUT2D eigenvalue weighted by Gasteiger charge is 2.19. The van der Waals surface area contributed by atoms with E-state index in [-0.39, 0.29) is 18.0 Å². The zero-order valence-electron chi connectivity index (χ0n) is 15.9. The SMILES string of the molecule is CCCCn1c(=O)c2sccc2n2c(=O)n(CC(=O)NCCC(C)C)nc12. The van der Waals surface area contributed by atoms with Gasteiger partial charge in [0, 0.05) is 13.1 Å². The standard InChI is InChI=1S/C18H25N5O3S/c1-4-5-9-21-16(25)15-13(7-10-27-15)23-17(21)20-22(18(23)26)11-14(24)19-8-6-12(2)3/h7,10,12H,4-6,8-9,11H2,1-3H3,(H,19,24). The number of rotatable bonds is 8. The van der Waals surface area contributed by atoms with E-state index >= 15 is 0 Å². The second-order valence-corrected chi connectivity index (χ2v) is 7.97. The first-order valence-electron chi connectivity index (χ1n) is 9.30. The third-order valence-electron chi connectivity index (χ3n) is 4.46. The Balaban J connectivity index is 2.01. The van der Waals surface area contributed by atoms with E-state index < -0.39 is 5.69 Å². The van der Waals surface area contributed by atoms with Crippen molar-refractivity contribution >= 4 is 33.2 Å². The fourth-order valence-corrected chi connectivity index (χ4v) is 3.77. The van der Waals surface area contributed by atoms with Gasteiger partial charge in [0.05, 0.1) is 5.52 Å². The minimum absolute atomic E-state index is 0.139. The van der Waals surface area contributed by atoms with E-state index in [9.17, 15) is 14.4 Å². The van der Waals surface area contributed by atoms with Gasteiger partial charge in [-0.15, -0.1) is 16.4 Å². The van der Waals surface area contributed by atoms with Crippen molar-refractivity contribution in [2.45, 2.75) is 53.1 Å². The van der Waals surface area contributed by atoms with Crippen molar-refractivity contribution in [3.8, 4) is 0 Å². The van der Waals surface area contributed by atoms with Gasteiger partial charge in [0.15, 0.2) is 0 Å². The summed E-state index contributed by atoms with van der Waals surface area (Å²) in [4.78, 5) is 37.8. The van der Waals surface area contributed by atoms with Gasteiger partial charge in [0.2, 0.25) is 11.7 Å². The van der Waals surface area contributed by atoms with E-state index in [2.05, 4.69) is 24.3 Å². The number of aromatic nitrogens is 4. The van der Waals surface area contributed by atoms with E-state index in [1.807, 2.05) is 6.92 Å². The second kappa shape index (κ2) is 8.08. The summed E-state index contributed by atoms with van der Waals surface area (Å²) in [5, 5.41) is 8.91. The fraction of sp³-hybridized carbons (Fsp3) is 0.556. The van der Waals surface area contributed by atoms with Crippen LogP contribution in [-0.4, -0.2) is 31.2 Å². The van der Waals surface area contributed by atoms with Crippen LogP contribution in [-0.2, 0) is 17.9 Å². The van der Waals surface area contributed by atoms with Crippen LogP contribution in [0.15, 0.2) is 21.0 Å². The minimum Gasteiger partial charge on any atom is -0.354 e. The van der Waals surface area contributed by atoms with Gasteiger partial charge < -0.3 is 5.32 Å². The molecule has 3 rings (SSSR count). The first-order valence-corrected chi connectivity index (χ1v) is 10.2. The number of hydrogen-bond acceptors (Lipinski definition) is 5. The molecule has 9 heteroatoms. The van der Waals surface area contributed by atoms with Crippen molar-refractivity contribution < 1.29 is 4.79 Å². The molecule has 1 amide bonds. The lowest BCUT2D eigenvalue weighted by Gasteiger charge is -2.06. The Hall–Kier alpha value is -2.42. The van der Waals surface area contributed by atoms with Crippen LogP contribution in [0.1, 0.15) is 40.0 Å². The molecule has 0 fully saturated rings. The van der Waals surface area contributed by atoms with Gasteiger partial charge in [0.25, 0.3) is 5.56 Å². The molecule has 0 atom stereocenters. The van der Waals surface area contributed by atoms with E-state index in [0.717, 1.165) is 23.9 Å². The Bertz CT molecular complexity index is 1070. The molecule has 27 heavy (non-hydrogen) atoms. The van der Waals surface area contributed by atoms with Crippen LogP contribution in [0.4, 0.5) is 0 Å². The minimum atomic E-state index is -0.405. The summed E-state index contributed by atoms with van der Waals surface area (Å²) in [5.41, 5.74) is 0.00126. The van der Waals surface area contributed by atoms with Crippen molar-refractivity contribution in [1.82, 2.24) is 24.1 Å². The summed E-state index contributed by atoms with van der Waals surface area (Å²) in [6.45, 7) is 7.10. The molecular formula is C18H25N5O3S. The van der Waals surface area contributed by atoms with E-state index in [1.165, 1.54) is 20.3 Å². The molecule has 1 N–H and O–H groups in total. The van der Waals surface area contributed by atoms with Gasteiger partial charge in [-0.1, -0.05) is 27.2 Å². The molecule has 0 spiro atoms. The van der Waals surface area contributed by atoms with Crippen LogP contribution >= 0.6 is 11.3 Å². The highest BCUT2D eigenvalue weighted by Crippen LogP contribution is 2.17. The molecule has 0 bridgehead atoms. The number of fused-ring (bicyclic) bond motifs is 3. The molecule has 8 nitrogen and oxygen atoms in total. The first-order chi connectivity index (χ1) is 12.9. The van der Waals surface area contributed by atoms with E-state index in [4.69, 9.17) is 0 Å². The van der Waals surface area contributed by atoms with Crippen LogP contribution in [0.3, 0.4) is 0 Å². The van der Waals surface area contributed by atoms with Crippen LogP contribution in [0, 0.1) is 5.92 Å². The molecule has 146 valence electrons. The van der Waals surface area contributed by atoms with Crippen LogP contribution in [0.5, 0.6) is 0 Å². The zero-order valence-corrected chi connectivity index (χ0v) is 16.7. The summed E-state index contributed by atoms with van der Waals surface area (Å²) in [6, 6.07) is 1.74. The topological polar surface area (TPSA) is 90.4 Å². The van der Waals surface area contributed by atoms with Crippen molar-refractivity contribution in [3.05, 3.63) is 32.3 Å². The van der Waals surface area contributed by atoms with E-state index in [0.29, 0.717) is 35.0 Å². The Kier molecular flexibility index (Phi) is 5.79. The fourth-order valence-electron chi connectivity index (χ4n) is 2.95. The van der Waals surface area contributed by atoms with Gasteiger partial charge in [-0.2, -0.15) is 0 Å². The highest BCUT2D eigenvalue weighted by molar-refractivity contribution is 7.17. The summed E-state index contributed by atoms with van der Waals surface area (Å²) in [5.74, 6) is 0.521. The average molecular weight is 391 g/mol. The number of carbonyl (C=O) groups excluding carboxylic acids is 1. The summed E-state index contributed by atoms with van der Waals surface area (Å²) in [6.07, 6.45) is 2.60. The van der Waals surface area contributed by atoms with E-state index in [1.54, 1.807) is 11.4 Å². The maximum absolute atomic E-state index is 12.9. The third-order valence-corrected chi connectivity index (χ3v) is 5.35. The van der Waals surface area contributed by atoms with Crippen LogP contribution in [0.25, 0.3) is 16.0 Å². The highest BCUT2D eigenvalue weighted by atomic mass is 32.1. The Labute approximate surface area is 160 Å². The van der Waals surface area contributed by atoms with Gasteiger partial charge in [-0.25, -0.2) is 13.9 Å². The molecule has 0 radical (unpaired) electrons. The largest absolute Gasteiger partial charge is 0.354 e. The average Bonchev–Trinajstić information content (AvgIpc) is 3.20. The monoisotopic (exact) mass is 391 g/mol. The van der Waals surface area contributed by atoms with Crippen LogP contribution in [0.2, 0.25) is 0 Å². The van der Waals surface area contributed by atoms with Gasteiger partial charge in [-0.05, 0) is 30.2 Å². The Morgan fingerprint density at radius 2 is 2.11 bits per heavy atom. The molecule has 3 aromatic heterocycles. The molecule has 0 aliphatic heterocycles. The molecule has 3 heterocycles. The molecule has 0 saturated heterocycles. The predicted octanol–water partition coefficient (Wildman–Crippen LogP) is 1.83. The quantitative estimate of drug-likeness (QED) is 0.634. The molecule has 0 aliphatic carbocycles. The smallest absolute Gasteiger partial charge is 0.352 e. The van der Waals surface area contributed by atoms with Gasteiger partial charge in [-0.3, -0.25) is 14.2 Å². The van der Waals surface area contributed by atoms with Crippen LogP contribution < -0.4 is 16.6 Å². The summed E-state index contributed by atoms with van der Waals surface area (Å²) >= 11 is 1.31. The molecular weight excluding hydrogens is 366 g/mol. The Morgan fingerprint density at radius 3 is 2.81 bits per heavy atom. The number of aryl methyl sites for hydroxylation is 1. The predicted molar refractivity (Wildman–Crippen MR) is 106 cm³/mol. The number of nitrogens with one attached hydrogen (secondary N) is 1. The summed E-state index contributed by atoms with van der Waals surface area (Å²) < 4.78 is 4.64. The molecule has 0 unspecified atom stereocenters. The van der Waals surface area contributed by atoms with Crippen molar-refractivity contribution in [2.24, 2.45) is 5.92 Å². The zero-order chi connectivity index (χ0) is 19.6. The lowest BCUT2D eigenvalue weighted by molar-refractivity contribution is -0.121. The number of thiophene rings is 1. The molecule has 0 aromatic carbocycles. The van der Waals surface area contributed by atoms with Crippen molar-refractivity contribution in [3.63, 3.8) is 0 Å². The number of amides is 1. The first kappa shape index (κ1) is 19.3. The maximum atomic E-state index is 12.9. The van der Waals surface area contributed by atoms with Gasteiger partial charge in [0.1, 0.15) is 11.2 Å². The second-order valence-electron chi connectivity index (χ2n) is 7.05. The number of unbranched alkanes of at least 4 members (excludes halogenated alkanes) is 1. The molecule has 0 aliphatic rings. The Morgan fingerprint density at radius 1 is 1.33 bits per heavy atom. The lowest BCUT2D eigenvalue weighted by Crippen LogP contribution is -2.33. The number of hydrogen-bond donors (Lipinski definition) is 1. The summed E-state index contributed by atoms with van der Waals surface area (Å²) in [7, 11) is 0. The molecule has 3 aromatic rings. The number of nitrogens with zero attached hydrogens (tertiary/aromatic N) is 4. The third kappa shape index (κ3) is 3.83. The van der Waals surface area contributed by atoms with Gasteiger partial charge >= 0.3 is 5.69 Å². The maximum Gasteiger partial charge on any atom is 0.352 e. The lowest BCUT2D eigenvalue weighted by atomic mass is 10.1.